The summed E-state index contributed by atoms with van der Waals surface area (Å²) in [4.78, 5) is 2.54. The summed E-state index contributed by atoms with van der Waals surface area (Å²) in [6.07, 6.45) is 5.03. The molecule has 0 spiro atoms. The van der Waals surface area contributed by atoms with E-state index in [1.165, 1.54) is 25.7 Å². The van der Waals surface area contributed by atoms with Crippen LogP contribution in [0.3, 0.4) is 0 Å². The Labute approximate surface area is 94.2 Å². The minimum Gasteiger partial charge on any atom is -0.330 e. The molecule has 3 heteroatoms. The van der Waals surface area contributed by atoms with E-state index < -0.39 is 0 Å². The zero-order chi connectivity index (χ0) is 11.3. The van der Waals surface area contributed by atoms with Gasteiger partial charge in [0.15, 0.2) is 0 Å². The van der Waals surface area contributed by atoms with Gasteiger partial charge in [0, 0.05) is 12.1 Å². The molecule has 1 aliphatic carbocycles. The number of hydrogen-bond donors (Lipinski definition) is 2. The van der Waals surface area contributed by atoms with E-state index in [0.717, 1.165) is 26.2 Å². The molecule has 1 rings (SSSR count). The van der Waals surface area contributed by atoms with Crippen LogP contribution in [-0.4, -0.2) is 36.6 Å². The second kappa shape index (κ2) is 5.83. The zero-order valence-corrected chi connectivity index (χ0v) is 10.3. The topological polar surface area (TPSA) is 55.3 Å². The second-order valence-corrected chi connectivity index (χ2v) is 4.80. The van der Waals surface area contributed by atoms with Crippen molar-refractivity contribution in [3.63, 3.8) is 0 Å². The summed E-state index contributed by atoms with van der Waals surface area (Å²) in [5, 5.41) is 0. The van der Waals surface area contributed by atoms with Gasteiger partial charge in [-0.15, -0.1) is 0 Å². The van der Waals surface area contributed by atoms with Gasteiger partial charge in [-0.05, 0) is 44.8 Å². The minimum atomic E-state index is 0.242. The highest BCUT2D eigenvalue weighted by Gasteiger charge is 2.38. The van der Waals surface area contributed by atoms with Crippen LogP contribution in [0, 0.1) is 5.92 Å². The van der Waals surface area contributed by atoms with Crippen molar-refractivity contribution in [1.29, 1.82) is 0 Å². The van der Waals surface area contributed by atoms with Gasteiger partial charge in [-0.2, -0.15) is 0 Å². The Balaban J connectivity index is 2.73. The van der Waals surface area contributed by atoms with Crippen LogP contribution in [0.15, 0.2) is 0 Å². The molecule has 0 aromatic heterocycles. The monoisotopic (exact) mass is 213 g/mol. The van der Waals surface area contributed by atoms with Crippen molar-refractivity contribution in [3.05, 3.63) is 0 Å². The van der Waals surface area contributed by atoms with Crippen molar-refractivity contribution < 1.29 is 0 Å². The SMILES string of the molecule is CCN(CC)C1(CN)CCCC(CN)C1. The Kier molecular flexibility index (Phi) is 5.03. The number of likely N-dealkylation sites (N-methyl/N-ethyl adjacent to an activating group) is 1. The fourth-order valence-electron chi connectivity index (χ4n) is 3.16. The molecule has 0 amide bonds. The highest BCUT2D eigenvalue weighted by Crippen LogP contribution is 2.35. The molecule has 15 heavy (non-hydrogen) atoms. The summed E-state index contributed by atoms with van der Waals surface area (Å²) in [5.41, 5.74) is 12.1. The summed E-state index contributed by atoms with van der Waals surface area (Å²) >= 11 is 0. The van der Waals surface area contributed by atoms with E-state index in [9.17, 15) is 0 Å². The van der Waals surface area contributed by atoms with Gasteiger partial charge < -0.3 is 11.5 Å². The van der Waals surface area contributed by atoms with Crippen LogP contribution >= 0.6 is 0 Å². The number of rotatable bonds is 5. The third kappa shape index (κ3) is 2.71. The molecule has 1 fully saturated rings. The average Bonchev–Trinajstić information content (AvgIpc) is 2.30. The van der Waals surface area contributed by atoms with E-state index >= 15 is 0 Å². The van der Waals surface area contributed by atoms with Gasteiger partial charge in [0.2, 0.25) is 0 Å². The third-order valence-electron chi connectivity index (χ3n) is 4.07. The summed E-state index contributed by atoms with van der Waals surface area (Å²) in [5.74, 6) is 0.683. The summed E-state index contributed by atoms with van der Waals surface area (Å²) in [6.45, 7) is 8.27. The van der Waals surface area contributed by atoms with Gasteiger partial charge in [-0.25, -0.2) is 0 Å². The normalized spacial score (nSPS) is 32.2. The Hall–Kier alpha value is -0.120. The van der Waals surface area contributed by atoms with Gasteiger partial charge in [-0.1, -0.05) is 20.3 Å². The lowest BCUT2D eigenvalue weighted by Crippen LogP contribution is -2.56. The van der Waals surface area contributed by atoms with Gasteiger partial charge in [0.25, 0.3) is 0 Å². The molecule has 4 N–H and O–H groups in total. The number of nitrogens with two attached hydrogens (primary N) is 2. The highest BCUT2D eigenvalue weighted by atomic mass is 15.2. The van der Waals surface area contributed by atoms with Crippen molar-refractivity contribution in [2.75, 3.05) is 26.2 Å². The van der Waals surface area contributed by atoms with E-state index in [-0.39, 0.29) is 5.54 Å². The van der Waals surface area contributed by atoms with Crippen molar-refractivity contribution in [2.45, 2.75) is 45.1 Å². The van der Waals surface area contributed by atoms with Crippen LogP contribution in [0.25, 0.3) is 0 Å². The quantitative estimate of drug-likeness (QED) is 0.721. The second-order valence-electron chi connectivity index (χ2n) is 4.80. The van der Waals surface area contributed by atoms with Crippen molar-refractivity contribution in [1.82, 2.24) is 4.90 Å². The minimum absolute atomic E-state index is 0.242. The molecule has 0 saturated heterocycles. The third-order valence-corrected chi connectivity index (χ3v) is 4.07. The predicted octanol–water partition coefficient (Wildman–Crippen LogP) is 1.17. The highest BCUT2D eigenvalue weighted by molar-refractivity contribution is 4.96. The molecule has 0 aromatic rings. The Bertz CT molecular complexity index is 180. The molecule has 1 saturated carbocycles. The van der Waals surface area contributed by atoms with Crippen LogP contribution in [-0.2, 0) is 0 Å². The summed E-state index contributed by atoms with van der Waals surface area (Å²) < 4.78 is 0. The van der Waals surface area contributed by atoms with Crippen molar-refractivity contribution in [3.8, 4) is 0 Å². The van der Waals surface area contributed by atoms with E-state index in [0.29, 0.717) is 5.92 Å². The van der Waals surface area contributed by atoms with Crippen LogP contribution in [0.2, 0.25) is 0 Å². The van der Waals surface area contributed by atoms with E-state index in [2.05, 4.69) is 18.7 Å². The van der Waals surface area contributed by atoms with Crippen molar-refractivity contribution >= 4 is 0 Å². The maximum atomic E-state index is 6.02. The number of nitrogens with zero attached hydrogens (tertiary/aromatic N) is 1. The lowest BCUT2D eigenvalue weighted by Gasteiger charge is -2.47. The lowest BCUT2D eigenvalue weighted by atomic mass is 9.74. The first-order valence-electron chi connectivity index (χ1n) is 6.37. The first kappa shape index (κ1) is 12.9. The molecule has 0 aromatic carbocycles. The van der Waals surface area contributed by atoms with Crippen LogP contribution in [0.5, 0.6) is 0 Å². The first-order valence-corrected chi connectivity index (χ1v) is 6.37. The molecule has 0 radical (unpaired) electrons. The summed E-state index contributed by atoms with van der Waals surface area (Å²) in [6, 6.07) is 0. The number of hydrogen-bond acceptors (Lipinski definition) is 3. The molecule has 90 valence electrons. The maximum Gasteiger partial charge on any atom is 0.0334 e. The molecule has 1 aliphatic rings. The molecule has 3 nitrogen and oxygen atoms in total. The maximum absolute atomic E-state index is 6.02. The zero-order valence-electron chi connectivity index (χ0n) is 10.3. The smallest absolute Gasteiger partial charge is 0.0334 e. The van der Waals surface area contributed by atoms with Gasteiger partial charge in [-0.3, -0.25) is 4.90 Å². The average molecular weight is 213 g/mol. The van der Waals surface area contributed by atoms with Gasteiger partial charge >= 0.3 is 0 Å². The Morgan fingerprint density at radius 2 is 1.93 bits per heavy atom. The van der Waals surface area contributed by atoms with E-state index in [1.54, 1.807) is 0 Å². The Morgan fingerprint density at radius 3 is 2.40 bits per heavy atom. The molecule has 0 aliphatic heterocycles. The molecule has 2 atom stereocenters. The Morgan fingerprint density at radius 1 is 1.27 bits per heavy atom. The molecule has 0 heterocycles. The fraction of sp³-hybridized carbons (Fsp3) is 1.00. The molecular formula is C12H27N3. The molecule has 2 unspecified atom stereocenters. The molecular weight excluding hydrogens is 186 g/mol. The van der Waals surface area contributed by atoms with E-state index in [4.69, 9.17) is 11.5 Å². The van der Waals surface area contributed by atoms with Crippen LogP contribution < -0.4 is 11.5 Å². The van der Waals surface area contributed by atoms with Crippen LogP contribution in [0.4, 0.5) is 0 Å². The van der Waals surface area contributed by atoms with E-state index in [1.807, 2.05) is 0 Å². The molecule has 0 bridgehead atoms. The van der Waals surface area contributed by atoms with Gasteiger partial charge in [0.1, 0.15) is 0 Å². The largest absolute Gasteiger partial charge is 0.330 e. The fourth-order valence-corrected chi connectivity index (χ4v) is 3.16. The first-order chi connectivity index (χ1) is 7.22. The standard InChI is InChI=1S/C12H27N3/c1-3-15(4-2)12(10-14)7-5-6-11(8-12)9-13/h11H,3-10,13-14H2,1-2H3. The van der Waals surface area contributed by atoms with Gasteiger partial charge in [0.05, 0.1) is 0 Å². The van der Waals surface area contributed by atoms with Crippen molar-refractivity contribution in [2.24, 2.45) is 17.4 Å². The summed E-state index contributed by atoms with van der Waals surface area (Å²) in [7, 11) is 0. The van der Waals surface area contributed by atoms with Crippen LogP contribution in [0.1, 0.15) is 39.5 Å². The lowest BCUT2D eigenvalue weighted by molar-refractivity contribution is 0.0458. The predicted molar refractivity (Wildman–Crippen MR) is 65.7 cm³/mol.